The lowest BCUT2D eigenvalue weighted by atomic mass is 10.1. The first-order valence-electron chi connectivity index (χ1n) is 8.76. The van der Waals surface area contributed by atoms with Gasteiger partial charge in [0.2, 0.25) is 0 Å². The lowest BCUT2D eigenvalue weighted by Gasteiger charge is -2.12. The number of fused-ring (bicyclic) bond motifs is 1. The Morgan fingerprint density at radius 3 is 2.54 bits per heavy atom. The summed E-state index contributed by atoms with van der Waals surface area (Å²) in [7, 11) is 0. The molecule has 28 heavy (non-hydrogen) atoms. The third-order valence-electron chi connectivity index (χ3n) is 4.22. The Morgan fingerprint density at radius 2 is 1.86 bits per heavy atom. The highest BCUT2D eigenvalue weighted by atomic mass is 16.5. The van der Waals surface area contributed by atoms with Gasteiger partial charge in [-0.05, 0) is 48.2 Å². The predicted octanol–water partition coefficient (Wildman–Crippen LogP) is 2.82. The molecule has 3 rings (SSSR count). The largest absolute Gasteiger partial charge is 0.484 e. The maximum atomic E-state index is 12.1. The number of nitrogens with one attached hydrogen (secondary N) is 1. The Balaban J connectivity index is 1.68. The van der Waals surface area contributed by atoms with Crippen molar-refractivity contribution in [2.45, 2.75) is 19.4 Å². The van der Waals surface area contributed by atoms with Gasteiger partial charge in [-0.2, -0.15) is 0 Å². The van der Waals surface area contributed by atoms with Gasteiger partial charge in [-0.1, -0.05) is 25.1 Å². The predicted molar refractivity (Wildman–Crippen MR) is 103 cm³/mol. The summed E-state index contributed by atoms with van der Waals surface area (Å²) >= 11 is 0. The maximum Gasteiger partial charge on any atom is 0.344 e. The molecule has 1 amide bonds. The first-order valence-corrected chi connectivity index (χ1v) is 8.76. The first kappa shape index (κ1) is 19.2. The molecule has 2 aromatic carbocycles. The van der Waals surface area contributed by atoms with Gasteiger partial charge >= 0.3 is 11.6 Å². The molecule has 7 nitrogen and oxygen atoms in total. The molecule has 7 heteroatoms. The fraction of sp³-hybridized carbons (Fsp3) is 0.190. The maximum absolute atomic E-state index is 12.1. The number of amides is 1. The topological polar surface area (TPSA) is 106 Å². The Labute approximate surface area is 160 Å². The van der Waals surface area contributed by atoms with E-state index in [2.05, 4.69) is 5.32 Å². The van der Waals surface area contributed by atoms with Gasteiger partial charge in [0.1, 0.15) is 17.6 Å². The lowest BCUT2D eigenvalue weighted by molar-refractivity contribution is -0.142. The molecule has 0 aliphatic rings. The molecule has 0 radical (unpaired) electrons. The molecule has 0 aliphatic carbocycles. The van der Waals surface area contributed by atoms with Crippen molar-refractivity contribution >= 4 is 22.6 Å². The van der Waals surface area contributed by atoms with Gasteiger partial charge in [-0.25, -0.2) is 9.59 Å². The van der Waals surface area contributed by atoms with Crippen LogP contribution in [0.3, 0.4) is 0 Å². The molecule has 144 valence electrons. The number of hydrogen-bond donors (Lipinski definition) is 2. The molecular formula is C21H19NO6. The lowest BCUT2D eigenvalue weighted by Crippen LogP contribution is -2.42. The number of ether oxygens (including phenoxy) is 1. The minimum Gasteiger partial charge on any atom is -0.484 e. The molecular weight excluding hydrogens is 362 g/mol. The van der Waals surface area contributed by atoms with Crippen molar-refractivity contribution in [2.75, 3.05) is 6.61 Å². The van der Waals surface area contributed by atoms with Crippen LogP contribution in [0.25, 0.3) is 22.1 Å². The van der Waals surface area contributed by atoms with E-state index < -0.39 is 23.5 Å². The number of carboxylic acids is 1. The highest BCUT2D eigenvalue weighted by Crippen LogP contribution is 2.24. The van der Waals surface area contributed by atoms with Crippen molar-refractivity contribution in [3.8, 4) is 17.1 Å². The van der Waals surface area contributed by atoms with E-state index in [9.17, 15) is 14.4 Å². The minimum absolute atomic E-state index is 0.284. The summed E-state index contributed by atoms with van der Waals surface area (Å²) in [4.78, 5) is 34.8. The number of carboxylic acid groups (broad SMARTS) is 1. The van der Waals surface area contributed by atoms with Crippen LogP contribution in [0.5, 0.6) is 5.75 Å². The summed E-state index contributed by atoms with van der Waals surface area (Å²) in [6, 6.07) is 14.7. The number of carbonyl (C=O) groups is 2. The van der Waals surface area contributed by atoms with E-state index in [1.54, 1.807) is 49.4 Å². The van der Waals surface area contributed by atoms with Gasteiger partial charge in [0, 0.05) is 5.56 Å². The molecule has 1 unspecified atom stereocenters. The van der Waals surface area contributed by atoms with Gasteiger partial charge in [-0.15, -0.1) is 0 Å². The standard InChI is InChI=1S/C21H19NO6/c1-2-17(20(24)25)22-19(23)12-27-15-9-7-13(8-10-15)18-11-14-5-3-4-6-16(14)21(26)28-18/h3-11,17H,2,12H2,1H3,(H,22,23)(H,24,25). The number of benzene rings is 2. The minimum atomic E-state index is -1.09. The quantitative estimate of drug-likeness (QED) is 0.652. The van der Waals surface area contributed by atoms with Crippen LogP contribution in [-0.2, 0) is 9.59 Å². The van der Waals surface area contributed by atoms with Crippen LogP contribution in [-0.4, -0.2) is 29.6 Å². The molecule has 0 fully saturated rings. The van der Waals surface area contributed by atoms with Crippen LogP contribution in [0.1, 0.15) is 13.3 Å². The van der Waals surface area contributed by atoms with E-state index in [4.69, 9.17) is 14.3 Å². The number of aliphatic carboxylic acids is 1. The smallest absolute Gasteiger partial charge is 0.344 e. The Hall–Kier alpha value is -3.61. The van der Waals surface area contributed by atoms with E-state index in [-0.39, 0.29) is 13.0 Å². The van der Waals surface area contributed by atoms with E-state index in [1.165, 1.54) is 0 Å². The van der Waals surface area contributed by atoms with Crippen LogP contribution in [0.4, 0.5) is 0 Å². The highest BCUT2D eigenvalue weighted by molar-refractivity contribution is 5.85. The van der Waals surface area contributed by atoms with Crippen molar-refractivity contribution < 1.29 is 23.8 Å². The monoisotopic (exact) mass is 381 g/mol. The van der Waals surface area contributed by atoms with Crippen LogP contribution in [0.15, 0.2) is 63.8 Å². The molecule has 3 aromatic rings. The van der Waals surface area contributed by atoms with E-state index in [1.807, 2.05) is 12.1 Å². The van der Waals surface area contributed by atoms with Crippen LogP contribution in [0, 0.1) is 0 Å². The summed E-state index contributed by atoms with van der Waals surface area (Å²) in [5, 5.41) is 12.6. The number of hydrogen-bond acceptors (Lipinski definition) is 5. The van der Waals surface area contributed by atoms with Gasteiger partial charge in [0.05, 0.1) is 5.39 Å². The van der Waals surface area contributed by atoms with Crippen LogP contribution in [0.2, 0.25) is 0 Å². The van der Waals surface area contributed by atoms with Gasteiger partial charge in [0.25, 0.3) is 5.91 Å². The van der Waals surface area contributed by atoms with Gasteiger partial charge < -0.3 is 19.6 Å². The molecule has 0 bridgehead atoms. The molecule has 0 saturated carbocycles. The zero-order valence-corrected chi connectivity index (χ0v) is 15.2. The van der Waals surface area contributed by atoms with Crippen molar-refractivity contribution in [3.63, 3.8) is 0 Å². The Morgan fingerprint density at radius 1 is 1.14 bits per heavy atom. The second kappa shape index (κ2) is 8.39. The highest BCUT2D eigenvalue weighted by Gasteiger charge is 2.17. The summed E-state index contributed by atoms with van der Waals surface area (Å²) in [5.41, 5.74) is 0.283. The summed E-state index contributed by atoms with van der Waals surface area (Å²) in [6.07, 6.45) is 0.284. The number of rotatable bonds is 7. The third kappa shape index (κ3) is 4.37. The first-order chi connectivity index (χ1) is 13.5. The Bertz CT molecular complexity index is 1050. The third-order valence-corrected chi connectivity index (χ3v) is 4.22. The summed E-state index contributed by atoms with van der Waals surface area (Å²) < 4.78 is 10.8. The van der Waals surface area contributed by atoms with E-state index >= 15 is 0 Å². The van der Waals surface area contributed by atoms with Crippen LogP contribution < -0.4 is 15.7 Å². The molecule has 0 saturated heterocycles. The van der Waals surface area contributed by atoms with Crippen molar-refractivity contribution in [3.05, 3.63) is 65.0 Å². The zero-order valence-electron chi connectivity index (χ0n) is 15.2. The molecule has 0 aliphatic heterocycles. The summed E-state index contributed by atoms with van der Waals surface area (Å²) in [6.45, 7) is 1.37. The molecule has 1 aromatic heterocycles. The molecule has 1 atom stereocenters. The average molecular weight is 381 g/mol. The fourth-order valence-corrected chi connectivity index (χ4v) is 2.72. The van der Waals surface area contributed by atoms with Crippen LogP contribution >= 0.6 is 0 Å². The fourth-order valence-electron chi connectivity index (χ4n) is 2.72. The number of carbonyl (C=O) groups excluding carboxylic acids is 1. The zero-order chi connectivity index (χ0) is 20.1. The van der Waals surface area contributed by atoms with Crippen molar-refractivity contribution in [1.82, 2.24) is 5.32 Å². The van der Waals surface area contributed by atoms with Crippen molar-refractivity contribution in [1.29, 1.82) is 0 Å². The second-order valence-corrected chi connectivity index (χ2v) is 6.16. The molecule has 0 spiro atoms. The normalized spacial score (nSPS) is 11.8. The SMILES string of the molecule is CCC(NC(=O)COc1ccc(-c2cc3ccccc3c(=O)o2)cc1)C(=O)O. The Kier molecular flexibility index (Phi) is 5.74. The van der Waals surface area contributed by atoms with Gasteiger partial charge in [-0.3, -0.25) is 4.79 Å². The van der Waals surface area contributed by atoms with E-state index in [0.717, 1.165) is 5.39 Å². The van der Waals surface area contributed by atoms with Gasteiger partial charge in [0.15, 0.2) is 6.61 Å². The van der Waals surface area contributed by atoms with E-state index in [0.29, 0.717) is 22.5 Å². The second-order valence-electron chi connectivity index (χ2n) is 6.16. The molecule has 1 heterocycles. The summed E-state index contributed by atoms with van der Waals surface area (Å²) in [5.74, 6) is -0.735. The van der Waals surface area contributed by atoms with Crippen molar-refractivity contribution in [2.24, 2.45) is 0 Å². The average Bonchev–Trinajstić information content (AvgIpc) is 2.70. The molecule has 2 N–H and O–H groups in total.